The van der Waals surface area contributed by atoms with Crippen LogP contribution in [-0.2, 0) is 27.4 Å². The summed E-state index contributed by atoms with van der Waals surface area (Å²) >= 11 is 0. The van der Waals surface area contributed by atoms with Crippen LogP contribution in [-0.4, -0.2) is 20.9 Å². The zero-order valence-corrected chi connectivity index (χ0v) is 18.9. The van der Waals surface area contributed by atoms with E-state index >= 15 is 0 Å². The fourth-order valence-corrected chi connectivity index (χ4v) is 5.58. The molecule has 1 amide bonds. The third kappa shape index (κ3) is 5.09. The highest BCUT2D eigenvalue weighted by Crippen LogP contribution is 2.34. The molecule has 9 heteroatoms. The minimum absolute atomic E-state index is 0.122. The molecule has 0 radical (unpaired) electrons. The molecule has 178 valence electrons. The standard InChI is InChI=1S/C25H23F3N2O3S/c26-25(27,28)19-10-7-11-20(16-19)30(34(32,33)21-12-2-1-3-13-21)17-24(31)29-23-15-6-9-18-8-4-5-14-22(18)23/h1-5,7-8,10-14,16,23H,6,9,15,17H2,(H,29,31). The average molecular weight is 489 g/mol. The lowest BCUT2D eigenvalue weighted by Crippen LogP contribution is -2.42. The highest BCUT2D eigenvalue weighted by Gasteiger charge is 2.33. The fraction of sp³-hybridized carbons (Fsp3) is 0.240. The van der Waals surface area contributed by atoms with E-state index in [1.54, 1.807) is 6.07 Å². The van der Waals surface area contributed by atoms with Gasteiger partial charge in [-0.3, -0.25) is 9.10 Å². The largest absolute Gasteiger partial charge is 0.416 e. The van der Waals surface area contributed by atoms with Crippen molar-refractivity contribution in [3.05, 3.63) is 95.6 Å². The third-order valence-corrected chi connectivity index (χ3v) is 7.57. The van der Waals surface area contributed by atoms with E-state index in [0.717, 1.165) is 46.5 Å². The number of hydrogen-bond acceptors (Lipinski definition) is 3. The molecule has 0 aromatic heterocycles. The maximum absolute atomic E-state index is 13.4. The molecule has 0 saturated heterocycles. The number of fused-ring (bicyclic) bond motifs is 1. The lowest BCUT2D eigenvalue weighted by atomic mass is 9.88. The molecule has 4 rings (SSSR count). The molecule has 0 saturated carbocycles. The number of alkyl halides is 3. The van der Waals surface area contributed by atoms with E-state index in [2.05, 4.69) is 5.32 Å². The summed E-state index contributed by atoms with van der Waals surface area (Å²) in [6.07, 6.45) is -2.22. The number of sulfonamides is 1. The lowest BCUT2D eigenvalue weighted by molar-refractivity contribution is -0.137. The van der Waals surface area contributed by atoms with Crippen molar-refractivity contribution in [2.75, 3.05) is 10.8 Å². The van der Waals surface area contributed by atoms with Crippen LogP contribution in [0.4, 0.5) is 18.9 Å². The van der Waals surface area contributed by atoms with E-state index in [-0.39, 0.29) is 16.6 Å². The number of benzene rings is 3. The van der Waals surface area contributed by atoms with Gasteiger partial charge in [0.15, 0.2) is 0 Å². The van der Waals surface area contributed by atoms with Gasteiger partial charge in [0.05, 0.1) is 22.2 Å². The highest BCUT2D eigenvalue weighted by atomic mass is 32.2. The summed E-state index contributed by atoms with van der Waals surface area (Å²) in [5.41, 5.74) is 0.849. The molecular formula is C25H23F3N2O3S. The van der Waals surface area contributed by atoms with Gasteiger partial charge in [-0.15, -0.1) is 0 Å². The molecule has 1 unspecified atom stereocenters. The smallest absolute Gasteiger partial charge is 0.348 e. The summed E-state index contributed by atoms with van der Waals surface area (Å²) in [5.74, 6) is -0.598. The van der Waals surface area contributed by atoms with Crippen molar-refractivity contribution < 1.29 is 26.4 Å². The van der Waals surface area contributed by atoms with Crippen LogP contribution in [0.3, 0.4) is 0 Å². The van der Waals surface area contributed by atoms with Gasteiger partial charge >= 0.3 is 6.18 Å². The van der Waals surface area contributed by atoms with Gasteiger partial charge < -0.3 is 5.32 Å². The first-order valence-electron chi connectivity index (χ1n) is 10.8. The molecule has 3 aromatic rings. The molecule has 3 aromatic carbocycles. The molecule has 34 heavy (non-hydrogen) atoms. The SMILES string of the molecule is O=C(CN(c1cccc(C(F)(F)F)c1)S(=O)(=O)c1ccccc1)NC1CCCc2ccccc21. The molecular weight excluding hydrogens is 465 g/mol. The van der Waals surface area contributed by atoms with Crippen molar-refractivity contribution in [1.82, 2.24) is 5.32 Å². The first-order chi connectivity index (χ1) is 16.2. The molecule has 1 N–H and O–H groups in total. The van der Waals surface area contributed by atoms with Gasteiger partial charge in [-0.1, -0.05) is 48.5 Å². The average Bonchev–Trinajstić information content (AvgIpc) is 2.83. The van der Waals surface area contributed by atoms with Crippen molar-refractivity contribution in [2.24, 2.45) is 0 Å². The summed E-state index contributed by atoms with van der Waals surface area (Å²) in [5, 5.41) is 2.88. The van der Waals surface area contributed by atoms with Crippen LogP contribution in [0.5, 0.6) is 0 Å². The number of anilines is 1. The van der Waals surface area contributed by atoms with E-state index < -0.39 is 34.2 Å². The number of rotatable bonds is 6. The quantitative estimate of drug-likeness (QED) is 0.525. The number of nitrogens with zero attached hydrogens (tertiary/aromatic N) is 1. The Labute approximate surface area is 196 Å². The number of aryl methyl sites for hydroxylation is 1. The summed E-state index contributed by atoms with van der Waals surface area (Å²) in [7, 11) is -4.31. The number of amides is 1. The monoisotopic (exact) mass is 488 g/mol. The predicted octanol–water partition coefficient (Wildman–Crippen LogP) is 5.09. The topological polar surface area (TPSA) is 66.5 Å². The Balaban J connectivity index is 1.66. The fourth-order valence-electron chi connectivity index (χ4n) is 4.15. The van der Waals surface area contributed by atoms with Gasteiger partial charge in [-0.25, -0.2) is 8.42 Å². The molecule has 5 nitrogen and oxygen atoms in total. The lowest BCUT2D eigenvalue weighted by Gasteiger charge is -2.29. The number of carbonyl (C=O) groups excluding carboxylic acids is 1. The number of nitrogens with one attached hydrogen (secondary N) is 1. The van der Waals surface area contributed by atoms with Crippen molar-refractivity contribution >= 4 is 21.6 Å². The van der Waals surface area contributed by atoms with E-state index in [1.807, 2.05) is 24.3 Å². The Morgan fingerprint density at radius 2 is 1.68 bits per heavy atom. The van der Waals surface area contributed by atoms with Gasteiger partial charge in [0.25, 0.3) is 10.0 Å². The van der Waals surface area contributed by atoms with Gasteiger partial charge in [-0.05, 0) is 60.7 Å². The van der Waals surface area contributed by atoms with Gasteiger partial charge in [-0.2, -0.15) is 13.2 Å². The maximum atomic E-state index is 13.4. The zero-order chi connectivity index (χ0) is 24.3. The van der Waals surface area contributed by atoms with E-state index in [1.165, 1.54) is 30.3 Å². The second-order valence-electron chi connectivity index (χ2n) is 8.08. The second kappa shape index (κ2) is 9.50. The van der Waals surface area contributed by atoms with E-state index in [0.29, 0.717) is 6.42 Å². The van der Waals surface area contributed by atoms with Crippen LogP contribution in [0.2, 0.25) is 0 Å². The predicted molar refractivity (Wildman–Crippen MR) is 123 cm³/mol. The Kier molecular flexibility index (Phi) is 6.65. The van der Waals surface area contributed by atoms with Crippen molar-refractivity contribution in [3.8, 4) is 0 Å². The van der Waals surface area contributed by atoms with Crippen LogP contribution in [0.1, 0.15) is 35.6 Å². The Hall–Kier alpha value is -3.33. The van der Waals surface area contributed by atoms with Gasteiger partial charge in [0.2, 0.25) is 5.91 Å². The molecule has 0 heterocycles. The van der Waals surface area contributed by atoms with Crippen molar-refractivity contribution in [3.63, 3.8) is 0 Å². The van der Waals surface area contributed by atoms with Crippen LogP contribution in [0.15, 0.2) is 83.8 Å². The number of carbonyl (C=O) groups is 1. The zero-order valence-electron chi connectivity index (χ0n) is 18.1. The Morgan fingerprint density at radius 3 is 2.41 bits per heavy atom. The molecule has 1 aliphatic carbocycles. The highest BCUT2D eigenvalue weighted by molar-refractivity contribution is 7.92. The molecule has 1 aliphatic rings. The normalized spacial score (nSPS) is 15.9. The number of hydrogen-bond donors (Lipinski definition) is 1. The molecule has 0 aliphatic heterocycles. The van der Waals surface area contributed by atoms with Crippen molar-refractivity contribution in [1.29, 1.82) is 0 Å². The summed E-state index contributed by atoms with van der Waals surface area (Å²) in [4.78, 5) is 12.9. The first kappa shape index (κ1) is 23.8. The minimum Gasteiger partial charge on any atom is -0.348 e. The Bertz CT molecular complexity index is 1280. The first-order valence-corrected chi connectivity index (χ1v) is 12.2. The van der Waals surface area contributed by atoms with Crippen molar-refractivity contribution in [2.45, 2.75) is 36.4 Å². The third-order valence-electron chi connectivity index (χ3n) is 5.78. The maximum Gasteiger partial charge on any atom is 0.416 e. The number of halogens is 3. The van der Waals surface area contributed by atoms with Gasteiger partial charge in [0.1, 0.15) is 6.54 Å². The summed E-state index contributed by atoms with van der Waals surface area (Å²) in [6.45, 7) is -0.656. The molecule has 0 spiro atoms. The summed E-state index contributed by atoms with van der Waals surface area (Å²) in [6, 6.07) is 18.7. The Morgan fingerprint density at radius 1 is 0.971 bits per heavy atom. The van der Waals surface area contributed by atoms with Crippen LogP contribution >= 0.6 is 0 Å². The van der Waals surface area contributed by atoms with E-state index in [9.17, 15) is 26.4 Å². The molecule has 0 bridgehead atoms. The van der Waals surface area contributed by atoms with Gasteiger partial charge in [0, 0.05) is 0 Å². The summed E-state index contributed by atoms with van der Waals surface area (Å²) < 4.78 is 67.4. The van der Waals surface area contributed by atoms with Crippen LogP contribution in [0.25, 0.3) is 0 Å². The molecule has 0 fully saturated rings. The second-order valence-corrected chi connectivity index (χ2v) is 9.95. The molecule has 1 atom stereocenters. The van der Waals surface area contributed by atoms with Crippen LogP contribution in [0, 0.1) is 0 Å². The van der Waals surface area contributed by atoms with Crippen LogP contribution < -0.4 is 9.62 Å². The minimum atomic E-state index is -4.66. The van der Waals surface area contributed by atoms with E-state index in [4.69, 9.17) is 0 Å².